The van der Waals surface area contributed by atoms with Gasteiger partial charge < -0.3 is 15.2 Å². The summed E-state index contributed by atoms with van der Waals surface area (Å²) in [6.45, 7) is 1.79. The summed E-state index contributed by atoms with van der Waals surface area (Å²) < 4.78 is 4.98. The number of aryl methyl sites for hydroxylation is 1. The standard InChI is InChI=1S/C15H14N2O5/c1-9-3-5-12(14(18)7-9)16-15(19)11-8-10(22-2)4-6-13(11)17(20)21/h3-8,18H,1-2H3,(H,16,19). The van der Waals surface area contributed by atoms with Crippen LogP contribution in [0.25, 0.3) is 0 Å². The number of nitro benzene ring substituents is 1. The molecule has 2 aromatic carbocycles. The van der Waals surface area contributed by atoms with Crippen molar-refractivity contribution < 1.29 is 19.6 Å². The van der Waals surface area contributed by atoms with E-state index < -0.39 is 10.8 Å². The summed E-state index contributed by atoms with van der Waals surface area (Å²) in [5.41, 5.74) is 0.504. The fourth-order valence-corrected chi connectivity index (χ4v) is 1.92. The van der Waals surface area contributed by atoms with Gasteiger partial charge in [-0.25, -0.2) is 0 Å². The zero-order chi connectivity index (χ0) is 16.3. The van der Waals surface area contributed by atoms with E-state index in [0.717, 1.165) is 5.56 Å². The van der Waals surface area contributed by atoms with E-state index in [1.165, 1.54) is 37.4 Å². The summed E-state index contributed by atoms with van der Waals surface area (Å²) in [6.07, 6.45) is 0. The Bertz CT molecular complexity index is 743. The van der Waals surface area contributed by atoms with E-state index in [1.807, 2.05) is 0 Å². The molecule has 1 amide bonds. The van der Waals surface area contributed by atoms with Crippen molar-refractivity contribution in [2.75, 3.05) is 12.4 Å². The maximum atomic E-state index is 12.3. The Balaban J connectivity index is 2.38. The van der Waals surface area contributed by atoms with Crippen LogP contribution < -0.4 is 10.1 Å². The lowest BCUT2D eigenvalue weighted by atomic mass is 10.1. The minimum Gasteiger partial charge on any atom is -0.506 e. The first-order valence-corrected chi connectivity index (χ1v) is 6.35. The first kappa shape index (κ1) is 15.3. The molecule has 2 N–H and O–H groups in total. The molecule has 2 rings (SSSR count). The summed E-state index contributed by atoms with van der Waals surface area (Å²) in [4.78, 5) is 22.6. The van der Waals surface area contributed by atoms with Crippen molar-refractivity contribution in [1.82, 2.24) is 0 Å². The van der Waals surface area contributed by atoms with Crippen molar-refractivity contribution in [3.05, 3.63) is 57.6 Å². The Morgan fingerprint density at radius 3 is 2.59 bits per heavy atom. The summed E-state index contributed by atoms with van der Waals surface area (Å²) in [5, 5.41) is 23.3. The average molecular weight is 302 g/mol. The van der Waals surface area contributed by atoms with Crippen LogP contribution >= 0.6 is 0 Å². The molecular formula is C15H14N2O5. The minimum absolute atomic E-state index is 0.112. The van der Waals surface area contributed by atoms with Gasteiger partial charge in [-0.2, -0.15) is 0 Å². The first-order chi connectivity index (χ1) is 10.4. The second-order valence-corrected chi connectivity index (χ2v) is 4.61. The Labute approximate surface area is 126 Å². The number of methoxy groups -OCH3 is 1. The quantitative estimate of drug-likeness (QED) is 0.513. The number of aromatic hydroxyl groups is 1. The second-order valence-electron chi connectivity index (χ2n) is 4.61. The monoisotopic (exact) mass is 302 g/mol. The first-order valence-electron chi connectivity index (χ1n) is 6.35. The number of ether oxygens (including phenoxy) is 1. The van der Waals surface area contributed by atoms with Crippen LogP contribution in [0, 0.1) is 17.0 Å². The molecule has 0 heterocycles. The van der Waals surface area contributed by atoms with Gasteiger partial charge in [-0.05, 0) is 36.8 Å². The molecule has 0 aromatic heterocycles. The molecule has 0 aliphatic heterocycles. The molecule has 0 bridgehead atoms. The maximum absolute atomic E-state index is 12.3. The number of amides is 1. The van der Waals surface area contributed by atoms with E-state index >= 15 is 0 Å². The van der Waals surface area contributed by atoms with Gasteiger partial charge in [-0.15, -0.1) is 0 Å². The number of hydrogen-bond acceptors (Lipinski definition) is 5. The lowest BCUT2D eigenvalue weighted by Crippen LogP contribution is -2.14. The fraction of sp³-hybridized carbons (Fsp3) is 0.133. The van der Waals surface area contributed by atoms with Gasteiger partial charge in [-0.3, -0.25) is 14.9 Å². The van der Waals surface area contributed by atoms with Crippen LogP contribution in [0.5, 0.6) is 11.5 Å². The van der Waals surface area contributed by atoms with Crippen LogP contribution in [0.15, 0.2) is 36.4 Å². The van der Waals surface area contributed by atoms with Crippen LogP contribution in [0.3, 0.4) is 0 Å². The SMILES string of the molecule is COc1ccc([N+](=O)[O-])c(C(=O)Nc2ccc(C)cc2O)c1. The Morgan fingerprint density at radius 2 is 2.00 bits per heavy atom. The van der Waals surface area contributed by atoms with E-state index in [-0.39, 0.29) is 22.7 Å². The van der Waals surface area contributed by atoms with Crippen molar-refractivity contribution in [2.24, 2.45) is 0 Å². The Hall–Kier alpha value is -3.09. The summed E-state index contributed by atoms with van der Waals surface area (Å²) in [6, 6.07) is 8.58. The van der Waals surface area contributed by atoms with E-state index in [2.05, 4.69) is 5.32 Å². The number of benzene rings is 2. The van der Waals surface area contributed by atoms with Crippen molar-refractivity contribution in [3.8, 4) is 11.5 Å². The van der Waals surface area contributed by atoms with E-state index in [1.54, 1.807) is 13.0 Å². The van der Waals surface area contributed by atoms with Gasteiger partial charge in [0.05, 0.1) is 17.7 Å². The number of nitrogens with one attached hydrogen (secondary N) is 1. The van der Waals surface area contributed by atoms with E-state index in [4.69, 9.17) is 4.74 Å². The molecule has 0 radical (unpaired) electrons. The molecule has 7 heteroatoms. The van der Waals surface area contributed by atoms with Gasteiger partial charge in [0.2, 0.25) is 0 Å². The number of phenolic OH excluding ortho intramolecular Hbond substituents is 1. The lowest BCUT2D eigenvalue weighted by Gasteiger charge is -2.09. The third-order valence-corrected chi connectivity index (χ3v) is 3.05. The smallest absolute Gasteiger partial charge is 0.282 e. The highest BCUT2D eigenvalue weighted by atomic mass is 16.6. The molecule has 0 saturated carbocycles. The number of rotatable bonds is 4. The number of nitrogens with zero attached hydrogens (tertiary/aromatic N) is 1. The minimum atomic E-state index is -0.704. The molecule has 0 aliphatic rings. The van der Waals surface area contributed by atoms with E-state index in [9.17, 15) is 20.0 Å². The van der Waals surface area contributed by atoms with Crippen LogP contribution in [0.1, 0.15) is 15.9 Å². The average Bonchev–Trinajstić information content (AvgIpc) is 2.49. The highest BCUT2D eigenvalue weighted by Crippen LogP contribution is 2.28. The maximum Gasteiger partial charge on any atom is 0.282 e. The van der Waals surface area contributed by atoms with Gasteiger partial charge in [0.1, 0.15) is 17.1 Å². The van der Waals surface area contributed by atoms with Crippen molar-refractivity contribution >= 4 is 17.3 Å². The number of nitro groups is 1. The highest BCUT2D eigenvalue weighted by Gasteiger charge is 2.21. The van der Waals surface area contributed by atoms with Crippen molar-refractivity contribution in [1.29, 1.82) is 0 Å². The van der Waals surface area contributed by atoms with Crippen LogP contribution in [-0.2, 0) is 0 Å². The largest absolute Gasteiger partial charge is 0.506 e. The third kappa shape index (κ3) is 3.14. The number of phenols is 1. The molecule has 0 saturated heterocycles. The molecular weight excluding hydrogens is 288 g/mol. The molecule has 0 aliphatic carbocycles. The summed E-state index contributed by atoms with van der Waals surface area (Å²) in [7, 11) is 1.40. The second kappa shape index (κ2) is 6.13. The van der Waals surface area contributed by atoms with Crippen molar-refractivity contribution in [3.63, 3.8) is 0 Å². The molecule has 0 unspecified atom stereocenters. The predicted octanol–water partition coefficient (Wildman–Crippen LogP) is 2.87. The topological polar surface area (TPSA) is 102 Å². The van der Waals surface area contributed by atoms with Crippen LogP contribution in [0.2, 0.25) is 0 Å². The molecule has 0 fully saturated rings. The molecule has 0 atom stereocenters. The lowest BCUT2D eigenvalue weighted by molar-refractivity contribution is -0.385. The molecule has 22 heavy (non-hydrogen) atoms. The summed E-state index contributed by atoms with van der Waals surface area (Å²) in [5.74, 6) is -0.493. The van der Waals surface area contributed by atoms with Gasteiger partial charge >= 0.3 is 0 Å². The Kier molecular flexibility index (Phi) is 4.26. The molecule has 2 aromatic rings. The van der Waals surface area contributed by atoms with Gasteiger partial charge in [0.25, 0.3) is 11.6 Å². The Morgan fingerprint density at radius 1 is 1.27 bits per heavy atom. The number of anilines is 1. The van der Waals surface area contributed by atoms with Crippen LogP contribution in [-0.4, -0.2) is 23.0 Å². The molecule has 114 valence electrons. The number of hydrogen-bond donors (Lipinski definition) is 2. The predicted molar refractivity (Wildman–Crippen MR) is 80.4 cm³/mol. The van der Waals surface area contributed by atoms with Gasteiger partial charge in [0.15, 0.2) is 0 Å². The summed E-state index contributed by atoms with van der Waals surface area (Å²) >= 11 is 0. The van der Waals surface area contributed by atoms with Crippen LogP contribution in [0.4, 0.5) is 11.4 Å². The highest BCUT2D eigenvalue weighted by molar-refractivity contribution is 6.08. The zero-order valence-corrected chi connectivity index (χ0v) is 12.0. The van der Waals surface area contributed by atoms with Gasteiger partial charge in [0, 0.05) is 6.07 Å². The number of carbonyl (C=O) groups excluding carboxylic acids is 1. The molecule has 7 nitrogen and oxygen atoms in total. The van der Waals surface area contributed by atoms with Gasteiger partial charge in [-0.1, -0.05) is 6.07 Å². The van der Waals surface area contributed by atoms with Crippen molar-refractivity contribution in [2.45, 2.75) is 6.92 Å². The normalized spacial score (nSPS) is 10.1. The fourth-order valence-electron chi connectivity index (χ4n) is 1.92. The van der Waals surface area contributed by atoms with E-state index in [0.29, 0.717) is 5.75 Å². The zero-order valence-electron chi connectivity index (χ0n) is 12.0. The number of carbonyl (C=O) groups is 1. The molecule has 0 spiro atoms. The third-order valence-electron chi connectivity index (χ3n) is 3.05.